The van der Waals surface area contributed by atoms with Crippen LogP contribution in [-0.2, 0) is 71.8 Å². The van der Waals surface area contributed by atoms with E-state index in [0.717, 1.165) is 36.0 Å². The van der Waals surface area contributed by atoms with E-state index in [2.05, 4.69) is 237 Å². The molecular weight excluding hydrogens is 1490 g/mol. The summed E-state index contributed by atoms with van der Waals surface area (Å²) in [6.07, 6.45) is 34.0. The van der Waals surface area contributed by atoms with Gasteiger partial charge in [0.15, 0.2) is 0 Å². The van der Waals surface area contributed by atoms with Crippen LogP contribution in [0.1, 0.15) is 425 Å². The molecule has 0 amide bonds. The van der Waals surface area contributed by atoms with Gasteiger partial charge in [-0.2, -0.15) is 0 Å². The summed E-state index contributed by atoms with van der Waals surface area (Å²) in [5.74, 6) is 5.68. The Morgan fingerprint density at radius 1 is 0.324 bits per heavy atom. The molecule has 5 aliphatic rings. The maximum atomic E-state index is 2.45. The van der Waals surface area contributed by atoms with Crippen molar-refractivity contribution in [1.82, 2.24) is 0 Å². The van der Waals surface area contributed by atoms with Gasteiger partial charge in [0, 0.05) is 65.4 Å². The second kappa shape index (κ2) is 106. The van der Waals surface area contributed by atoms with Gasteiger partial charge in [-0.1, -0.05) is 470 Å². The Kier molecular flexibility index (Phi) is 134. The van der Waals surface area contributed by atoms with E-state index in [0.29, 0.717) is 10.8 Å². The molecule has 0 saturated heterocycles. The summed E-state index contributed by atoms with van der Waals surface area (Å²) >= 11 is 0. The van der Waals surface area contributed by atoms with Crippen LogP contribution in [0.25, 0.3) is 11.1 Å². The van der Waals surface area contributed by atoms with Crippen molar-refractivity contribution >= 4 is 0 Å². The van der Waals surface area contributed by atoms with E-state index < -0.39 is 0 Å². The molecule has 2 bridgehead atoms. The van der Waals surface area contributed by atoms with Gasteiger partial charge in [-0.05, 0) is 214 Å². The number of hydrogen-bond acceptors (Lipinski definition) is 0. The molecule has 0 aromatic heterocycles. The minimum absolute atomic E-state index is 0. The Balaban J connectivity index is -0.0000000777. The fourth-order valence-electron chi connectivity index (χ4n) is 13.7. The molecule has 0 N–H and O–H groups in total. The van der Waals surface area contributed by atoms with Crippen molar-refractivity contribution < 1.29 is 65.4 Å². The van der Waals surface area contributed by atoms with Crippen LogP contribution in [0.15, 0.2) is 146 Å². The van der Waals surface area contributed by atoms with E-state index in [1.54, 1.807) is 57.8 Å². The van der Waals surface area contributed by atoms with Gasteiger partial charge in [0.1, 0.15) is 0 Å². The normalized spacial score (nSPS) is 15.7. The van der Waals surface area contributed by atoms with Gasteiger partial charge in [-0.3, -0.25) is 0 Å². The number of aryl methyl sites for hydroxylation is 6. The van der Waals surface area contributed by atoms with Crippen LogP contribution < -0.4 is 0 Å². The van der Waals surface area contributed by atoms with Gasteiger partial charge >= 0.3 is 0 Å². The first kappa shape index (κ1) is 140. The summed E-state index contributed by atoms with van der Waals surface area (Å²) in [5, 5.41) is 0. The third kappa shape index (κ3) is 74.8. The van der Waals surface area contributed by atoms with Crippen LogP contribution in [0.5, 0.6) is 0 Å². The fourth-order valence-corrected chi connectivity index (χ4v) is 13.7. The third-order valence-corrected chi connectivity index (χ3v) is 19.3. The van der Waals surface area contributed by atoms with Crippen molar-refractivity contribution in [3.63, 3.8) is 0 Å². The zero-order valence-electron chi connectivity index (χ0n) is 84.2. The van der Waals surface area contributed by atoms with Gasteiger partial charge in [0.25, 0.3) is 0 Å². The fraction of sp³-hybridized carbons (Fsp3) is 0.651. The Morgan fingerprint density at radius 2 is 0.613 bits per heavy atom. The number of benzene rings is 6. The van der Waals surface area contributed by atoms with Crippen molar-refractivity contribution in [1.29, 1.82) is 0 Å². The zero-order chi connectivity index (χ0) is 85.0. The molecule has 5 saturated carbocycles. The summed E-state index contributed by atoms with van der Waals surface area (Å²) in [7, 11) is 0. The first-order chi connectivity index (χ1) is 51.9. The standard InChI is InChI=1S/C13H24.C13H12.C12H10.C11H22.2C10H14.C9H16.C3H8.13C2H6.2CH3.2Y/c2*1-3-7-12(8-4-1)11-13-9-5-2-6-10-13;1-3-7-11(8-4-1)12-9-5-2-6-10-12;1-5-11(4)8-6-7-10(2,3)9-11;1-7-5-9(3)10(4)6-8(7)2;1-7-5-6-8(2)10(4)9(7)3;1-2-8-5-7-3-4-9(8)6-7;1-3-2;13*1-2;;;;/h12-13H,1-11H2;1-10H,11H2;1-10H;5-9H2,1-4H3;2*5-6H,1-4H3;7-9H,2-6H2,1H3;3H2,1-2H3;13*1-2H3;2*1H3;;/q;;;;;;;;;;;;;;;;;;;;;2*-1;;. The van der Waals surface area contributed by atoms with Crippen LogP contribution in [0.4, 0.5) is 0 Å². The van der Waals surface area contributed by atoms with E-state index in [9.17, 15) is 0 Å². The predicted octanol–water partition coefficient (Wildman–Crippen LogP) is 39.5. The Morgan fingerprint density at radius 3 is 0.838 bits per heavy atom. The van der Waals surface area contributed by atoms with E-state index >= 15 is 0 Å². The molecule has 6 aromatic carbocycles. The molecule has 0 aliphatic heterocycles. The molecule has 4 atom stereocenters. The predicted molar refractivity (Wildman–Crippen MR) is 522 cm³/mol. The van der Waals surface area contributed by atoms with Crippen LogP contribution in [0, 0.1) is 111 Å². The Labute approximate surface area is 757 Å². The summed E-state index contributed by atoms with van der Waals surface area (Å²) in [5.41, 5.74) is 17.8. The molecule has 2 radical (unpaired) electrons. The average Bonchev–Trinajstić information content (AvgIpc) is 1.80. The summed E-state index contributed by atoms with van der Waals surface area (Å²) in [6.45, 7) is 85.5. The zero-order valence-corrected chi connectivity index (χ0v) is 89.8. The van der Waals surface area contributed by atoms with Crippen molar-refractivity contribution in [2.45, 2.75) is 432 Å². The van der Waals surface area contributed by atoms with Crippen LogP contribution >= 0.6 is 0 Å². The minimum atomic E-state index is 0. The van der Waals surface area contributed by atoms with E-state index in [1.807, 2.05) is 192 Å². The van der Waals surface area contributed by atoms with E-state index in [-0.39, 0.29) is 80.3 Å². The number of rotatable bonds is 7. The Bertz CT molecular complexity index is 2380. The third-order valence-electron chi connectivity index (χ3n) is 19.3. The van der Waals surface area contributed by atoms with Gasteiger partial charge in [0.2, 0.25) is 0 Å². The van der Waals surface area contributed by atoms with Crippen LogP contribution in [-0.4, -0.2) is 0 Å². The monoisotopic (exact) mass is 1690 g/mol. The molecule has 5 aliphatic carbocycles. The molecular formula is C109H204Y2-2. The molecule has 0 heterocycles. The molecule has 11 rings (SSSR count). The van der Waals surface area contributed by atoms with Gasteiger partial charge in [-0.15, -0.1) is 0 Å². The minimum Gasteiger partial charge on any atom is -0.358 e. The van der Waals surface area contributed by atoms with Crippen LogP contribution in [0.3, 0.4) is 0 Å². The van der Waals surface area contributed by atoms with Crippen molar-refractivity contribution in [3.05, 3.63) is 216 Å². The topological polar surface area (TPSA) is 0 Å². The van der Waals surface area contributed by atoms with Crippen LogP contribution in [0.2, 0.25) is 0 Å². The van der Waals surface area contributed by atoms with E-state index in [1.165, 1.54) is 150 Å². The second-order valence-corrected chi connectivity index (χ2v) is 27.0. The quantitative estimate of drug-likeness (QED) is 0.140. The summed E-state index contributed by atoms with van der Waals surface area (Å²) in [6, 6.07) is 50.7. The molecule has 648 valence electrons. The van der Waals surface area contributed by atoms with E-state index in [4.69, 9.17) is 0 Å². The summed E-state index contributed by atoms with van der Waals surface area (Å²) in [4.78, 5) is 0. The molecule has 0 nitrogen and oxygen atoms in total. The van der Waals surface area contributed by atoms with Gasteiger partial charge in [-0.25, -0.2) is 0 Å². The first-order valence-electron chi connectivity index (χ1n) is 46.2. The average molecular weight is 1690 g/mol. The maximum Gasteiger partial charge on any atom is 0 e. The molecule has 4 unspecified atom stereocenters. The largest absolute Gasteiger partial charge is 0.358 e. The van der Waals surface area contributed by atoms with Gasteiger partial charge < -0.3 is 14.9 Å². The first-order valence-corrected chi connectivity index (χ1v) is 46.2. The molecule has 5 fully saturated rings. The SMILES string of the molecule is C1CCC(CC2CCCCC2)CC1.CC.CC.CC.CC.CC.CC.CC.CC.CC.CC.CC.CC.CC.CCC.CCC1(C)CCCC(C)(C)C1.CCC1CC2CCC1C2.Cc1cc(C)c(C)cc1C.Cc1ccc(C)c(C)c1C.[CH3-].[CH3-].[Y].[Y].c1ccc(-c2ccccc2)cc1.c1ccc(Cc2ccccc2)cc1. The smallest absolute Gasteiger partial charge is 0 e. The van der Waals surface area contributed by atoms with Crippen molar-refractivity contribution in [3.8, 4) is 11.1 Å². The number of hydrogen-bond donors (Lipinski definition) is 0. The summed E-state index contributed by atoms with van der Waals surface area (Å²) < 4.78 is 0. The number of fused-ring (bicyclic) bond motifs is 2. The Hall–Kier alpha value is -2.47. The van der Waals surface area contributed by atoms with Crippen molar-refractivity contribution in [2.24, 2.45) is 40.4 Å². The molecule has 2 heteroatoms. The van der Waals surface area contributed by atoms with Crippen molar-refractivity contribution in [2.75, 3.05) is 0 Å². The van der Waals surface area contributed by atoms with Gasteiger partial charge in [0.05, 0.1) is 0 Å². The molecule has 6 aromatic rings. The molecule has 0 spiro atoms. The second-order valence-electron chi connectivity index (χ2n) is 27.0. The maximum absolute atomic E-state index is 2.45. The molecule has 111 heavy (non-hydrogen) atoms.